The van der Waals surface area contributed by atoms with Gasteiger partial charge < -0.3 is 19.5 Å². The third-order valence-electron chi connectivity index (χ3n) is 3.82. The lowest BCUT2D eigenvalue weighted by atomic mass is 9.98. The van der Waals surface area contributed by atoms with Crippen molar-refractivity contribution in [3.63, 3.8) is 0 Å². The van der Waals surface area contributed by atoms with Gasteiger partial charge in [0.05, 0.1) is 12.9 Å². The first-order valence-electron chi connectivity index (χ1n) is 6.91. The molecule has 114 valence electrons. The molecule has 1 atom stereocenters. The lowest BCUT2D eigenvalue weighted by Gasteiger charge is -2.32. The zero-order valence-electron chi connectivity index (χ0n) is 11.7. The molecule has 2 aromatic rings. The van der Waals surface area contributed by atoms with Gasteiger partial charge in [-0.15, -0.1) is 0 Å². The van der Waals surface area contributed by atoms with Crippen molar-refractivity contribution in [2.24, 2.45) is 0 Å². The van der Waals surface area contributed by atoms with Crippen LogP contribution >= 0.6 is 0 Å². The molecule has 0 saturated carbocycles. The molecule has 0 saturated heterocycles. The van der Waals surface area contributed by atoms with Gasteiger partial charge in [0.25, 0.3) is 5.91 Å². The second kappa shape index (κ2) is 5.65. The van der Waals surface area contributed by atoms with Crippen LogP contribution in [0.3, 0.4) is 0 Å². The van der Waals surface area contributed by atoms with Gasteiger partial charge in [-0.05, 0) is 23.8 Å². The Labute approximate surface area is 126 Å². The molecule has 1 aromatic heterocycles. The predicted molar refractivity (Wildman–Crippen MR) is 76.2 cm³/mol. The van der Waals surface area contributed by atoms with Gasteiger partial charge in [0.1, 0.15) is 5.76 Å². The Balaban J connectivity index is 1.96. The third-order valence-corrected chi connectivity index (χ3v) is 3.82. The molecular formula is C16H15NO5. The van der Waals surface area contributed by atoms with E-state index in [9.17, 15) is 14.7 Å². The Bertz CT molecular complexity index is 721. The quantitative estimate of drug-likeness (QED) is 0.898. The Kier molecular flexibility index (Phi) is 3.68. The van der Waals surface area contributed by atoms with E-state index in [1.165, 1.54) is 11.2 Å². The van der Waals surface area contributed by atoms with Crippen LogP contribution in [-0.2, 0) is 17.8 Å². The van der Waals surface area contributed by atoms with Crippen molar-refractivity contribution in [3.8, 4) is 0 Å². The number of furan rings is 1. The second-order valence-electron chi connectivity index (χ2n) is 5.15. The summed E-state index contributed by atoms with van der Waals surface area (Å²) in [7, 11) is 0. The highest BCUT2D eigenvalue weighted by Crippen LogP contribution is 2.32. The molecule has 0 spiro atoms. The number of hydrogen-bond donors (Lipinski definition) is 2. The third kappa shape index (κ3) is 2.37. The molecule has 0 fully saturated rings. The molecule has 1 unspecified atom stereocenters. The monoisotopic (exact) mass is 301 g/mol. The molecule has 1 aromatic carbocycles. The summed E-state index contributed by atoms with van der Waals surface area (Å²) in [5.41, 5.74) is 1.49. The van der Waals surface area contributed by atoms with E-state index in [4.69, 9.17) is 9.52 Å². The largest absolute Gasteiger partial charge is 0.479 e. The molecule has 3 rings (SSSR count). The van der Waals surface area contributed by atoms with Crippen molar-refractivity contribution in [2.45, 2.75) is 19.1 Å². The molecule has 1 aliphatic rings. The van der Waals surface area contributed by atoms with Crippen molar-refractivity contribution in [2.75, 3.05) is 6.54 Å². The molecule has 0 radical (unpaired) electrons. The molecule has 1 aliphatic heterocycles. The number of carbonyl (C=O) groups is 2. The Morgan fingerprint density at radius 2 is 2.14 bits per heavy atom. The smallest absolute Gasteiger partial charge is 0.331 e. The van der Waals surface area contributed by atoms with E-state index in [0.717, 1.165) is 0 Å². The minimum absolute atomic E-state index is 0.171. The van der Waals surface area contributed by atoms with E-state index >= 15 is 0 Å². The summed E-state index contributed by atoms with van der Waals surface area (Å²) in [6.07, 6.45) is 1.93. The fraction of sp³-hybridized carbons (Fsp3) is 0.250. The van der Waals surface area contributed by atoms with Crippen molar-refractivity contribution in [3.05, 3.63) is 59.0 Å². The van der Waals surface area contributed by atoms with E-state index in [1.807, 2.05) is 0 Å². The van der Waals surface area contributed by atoms with Crippen LogP contribution < -0.4 is 0 Å². The molecule has 0 aliphatic carbocycles. The highest BCUT2D eigenvalue weighted by molar-refractivity contribution is 5.97. The number of aliphatic carboxylic acids is 1. The maximum absolute atomic E-state index is 12.7. The van der Waals surface area contributed by atoms with Crippen molar-refractivity contribution in [1.82, 2.24) is 4.90 Å². The number of fused-ring (bicyclic) bond motifs is 1. The lowest BCUT2D eigenvalue weighted by Crippen LogP contribution is -2.43. The van der Waals surface area contributed by atoms with Gasteiger partial charge in [0.2, 0.25) is 0 Å². The minimum Gasteiger partial charge on any atom is -0.479 e. The van der Waals surface area contributed by atoms with Crippen LogP contribution in [0, 0.1) is 0 Å². The van der Waals surface area contributed by atoms with Crippen molar-refractivity contribution in [1.29, 1.82) is 0 Å². The van der Waals surface area contributed by atoms with Gasteiger partial charge in [-0.2, -0.15) is 0 Å². The van der Waals surface area contributed by atoms with Gasteiger partial charge >= 0.3 is 5.97 Å². The molecule has 0 bridgehead atoms. The highest BCUT2D eigenvalue weighted by Gasteiger charge is 2.37. The number of aliphatic hydroxyl groups excluding tert-OH is 1. The highest BCUT2D eigenvalue weighted by atomic mass is 16.4. The maximum Gasteiger partial charge on any atom is 0.331 e. The fourth-order valence-electron chi connectivity index (χ4n) is 2.77. The minimum atomic E-state index is -1.09. The zero-order chi connectivity index (χ0) is 15.7. The summed E-state index contributed by atoms with van der Waals surface area (Å²) in [6, 6.07) is 7.11. The van der Waals surface area contributed by atoms with E-state index in [1.54, 1.807) is 30.3 Å². The van der Waals surface area contributed by atoms with Crippen LogP contribution in [0.25, 0.3) is 0 Å². The topological polar surface area (TPSA) is 91.0 Å². The van der Waals surface area contributed by atoms with Crippen LogP contribution in [0.2, 0.25) is 0 Å². The Morgan fingerprint density at radius 1 is 1.32 bits per heavy atom. The number of carboxylic acid groups (broad SMARTS) is 1. The Hall–Kier alpha value is -2.60. The first kappa shape index (κ1) is 14.3. The molecule has 2 N–H and O–H groups in total. The van der Waals surface area contributed by atoms with Crippen LogP contribution in [0.15, 0.2) is 41.0 Å². The number of carboxylic acids is 1. The number of hydrogen-bond acceptors (Lipinski definition) is 4. The first-order valence-corrected chi connectivity index (χ1v) is 6.91. The van der Waals surface area contributed by atoms with Crippen molar-refractivity contribution < 1.29 is 24.2 Å². The molecule has 6 heteroatoms. The van der Waals surface area contributed by atoms with Gasteiger partial charge in [-0.25, -0.2) is 4.79 Å². The second-order valence-corrected chi connectivity index (χ2v) is 5.15. The van der Waals surface area contributed by atoms with Gasteiger partial charge in [-0.3, -0.25) is 4.79 Å². The van der Waals surface area contributed by atoms with Crippen molar-refractivity contribution >= 4 is 11.9 Å². The van der Waals surface area contributed by atoms with Crippen LogP contribution in [-0.4, -0.2) is 33.5 Å². The van der Waals surface area contributed by atoms with Gasteiger partial charge in [-0.1, -0.05) is 12.1 Å². The number of nitrogens with zero attached hydrogens (tertiary/aromatic N) is 1. The maximum atomic E-state index is 12.7. The van der Waals surface area contributed by atoms with Crippen LogP contribution in [0.4, 0.5) is 0 Å². The van der Waals surface area contributed by atoms with E-state index < -0.39 is 12.0 Å². The van der Waals surface area contributed by atoms with Gasteiger partial charge in [0, 0.05) is 24.1 Å². The van der Waals surface area contributed by atoms with Crippen LogP contribution in [0.5, 0.6) is 0 Å². The van der Waals surface area contributed by atoms with E-state index in [-0.39, 0.29) is 19.1 Å². The lowest BCUT2D eigenvalue weighted by molar-refractivity contribution is -0.143. The van der Waals surface area contributed by atoms with Gasteiger partial charge in [0.15, 0.2) is 6.04 Å². The summed E-state index contributed by atoms with van der Waals surface area (Å²) in [5, 5.41) is 18.7. The normalized spacial score (nSPS) is 17.1. The summed E-state index contributed by atoms with van der Waals surface area (Å²) < 4.78 is 5.27. The van der Waals surface area contributed by atoms with E-state index in [0.29, 0.717) is 28.9 Å². The Morgan fingerprint density at radius 3 is 2.86 bits per heavy atom. The van der Waals surface area contributed by atoms with E-state index in [2.05, 4.69) is 0 Å². The first-order chi connectivity index (χ1) is 10.6. The standard InChI is InChI=1S/C16H15NO5/c18-9-10-2-1-3-11(8-10)15(19)17-6-4-13-12(5-7-22-13)14(17)16(20)21/h1-3,5,7-8,14,18H,4,6,9H2,(H,20,21). The predicted octanol–water partition coefficient (Wildman–Crippen LogP) is 1.60. The zero-order valence-corrected chi connectivity index (χ0v) is 11.7. The molecule has 2 heterocycles. The molecule has 22 heavy (non-hydrogen) atoms. The van der Waals surface area contributed by atoms with Crippen LogP contribution in [0.1, 0.15) is 33.3 Å². The summed E-state index contributed by atoms with van der Waals surface area (Å²) in [4.78, 5) is 25.6. The average molecular weight is 301 g/mol. The summed E-state index contributed by atoms with van der Waals surface area (Å²) in [6.45, 7) is 0.106. The SMILES string of the molecule is O=C(O)C1c2ccoc2CCN1C(=O)c1cccc(CO)c1. The average Bonchev–Trinajstić information content (AvgIpc) is 3.01. The summed E-state index contributed by atoms with van der Waals surface area (Å²) >= 11 is 0. The molecule has 6 nitrogen and oxygen atoms in total. The molecular weight excluding hydrogens is 286 g/mol. The summed E-state index contributed by atoms with van der Waals surface area (Å²) in [5.74, 6) is -0.843. The number of carbonyl (C=O) groups excluding carboxylic acids is 1. The molecule has 1 amide bonds. The number of rotatable bonds is 3. The number of benzene rings is 1. The number of amides is 1. The number of aliphatic hydroxyl groups is 1. The fourth-order valence-corrected chi connectivity index (χ4v) is 2.77.